The highest BCUT2D eigenvalue weighted by atomic mass is 35.5. The number of nitrogens with zero attached hydrogens (tertiary/aromatic N) is 1. The molecule has 1 aromatic rings. The minimum atomic E-state index is -3.50. The van der Waals surface area contributed by atoms with E-state index in [4.69, 9.17) is 28.9 Å². The Hall–Kier alpha value is -0.330. The Morgan fingerprint density at radius 1 is 1.25 bits per heavy atom. The zero-order valence-electron chi connectivity index (χ0n) is 11.2. The predicted molar refractivity (Wildman–Crippen MR) is 81.6 cm³/mol. The molecular weight excluding hydrogens is 319 g/mol. The van der Waals surface area contributed by atoms with Crippen LogP contribution in [0.3, 0.4) is 0 Å². The molecule has 1 aliphatic heterocycles. The van der Waals surface area contributed by atoms with Gasteiger partial charge < -0.3 is 5.73 Å². The fourth-order valence-electron chi connectivity index (χ4n) is 2.43. The lowest BCUT2D eigenvalue weighted by atomic mass is 9.92. The predicted octanol–water partition coefficient (Wildman–Crippen LogP) is 2.74. The third-order valence-corrected chi connectivity index (χ3v) is 6.40. The van der Waals surface area contributed by atoms with E-state index >= 15 is 0 Å². The van der Waals surface area contributed by atoms with E-state index in [1.807, 2.05) is 6.92 Å². The summed E-state index contributed by atoms with van der Waals surface area (Å²) in [6.45, 7) is 2.96. The Kier molecular flexibility index (Phi) is 4.97. The molecule has 20 heavy (non-hydrogen) atoms. The zero-order chi connectivity index (χ0) is 14.9. The summed E-state index contributed by atoms with van der Waals surface area (Å²) in [4.78, 5) is 0.186. The van der Waals surface area contributed by atoms with Gasteiger partial charge >= 0.3 is 0 Å². The van der Waals surface area contributed by atoms with E-state index in [9.17, 15) is 8.42 Å². The van der Waals surface area contributed by atoms with Crippen LogP contribution in [0.2, 0.25) is 10.0 Å². The highest BCUT2D eigenvalue weighted by Crippen LogP contribution is 2.29. The summed E-state index contributed by atoms with van der Waals surface area (Å²) < 4.78 is 26.5. The van der Waals surface area contributed by atoms with Crippen LogP contribution in [0.15, 0.2) is 23.1 Å². The van der Waals surface area contributed by atoms with Gasteiger partial charge in [0, 0.05) is 19.1 Å². The van der Waals surface area contributed by atoms with Gasteiger partial charge in [-0.2, -0.15) is 4.31 Å². The average molecular weight is 337 g/mol. The molecular formula is C13H18Cl2N2O2S. The van der Waals surface area contributed by atoms with Crippen molar-refractivity contribution in [2.75, 3.05) is 13.1 Å². The van der Waals surface area contributed by atoms with Crippen molar-refractivity contribution in [3.63, 3.8) is 0 Å². The SMILES string of the molecule is CC(N)C1CCN(S(=O)(=O)c2ccc(Cl)c(Cl)c2)CC1. The monoisotopic (exact) mass is 336 g/mol. The highest BCUT2D eigenvalue weighted by Gasteiger charge is 2.30. The van der Waals surface area contributed by atoms with Crippen molar-refractivity contribution in [1.82, 2.24) is 4.31 Å². The third kappa shape index (κ3) is 3.28. The standard InChI is InChI=1S/C13H18Cl2N2O2S/c1-9(16)10-4-6-17(7-5-10)20(18,19)11-2-3-12(14)13(15)8-11/h2-3,8-10H,4-7,16H2,1H3. The van der Waals surface area contributed by atoms with Gasteiger partial charge in [0.05, 0.1) is 14.9 Å². The smallest absolute Gasteiger partial charge is 0.243 e. The van der Waals surface area contributed by atoms with Crippen molar-refractivity contribution in [2.24, 2.45) is 11.7 Å². The number of halogens is 2. The number of nitrogens with two attached hydrogens (primary N) is 1. The molecule has 7 heteroatoms. The van der Waals surface area contributed by atoms with Crippen molar-refractivity contribution in [3.05, 3.63) is 28.2 Å². The quantitative estimate of drug-likeness (QED) is 0.922. The molecule has 112 valence electrons. The maximum absolute atomic E-state index is 12.5. The van der Waals surface area contributed by atoms with E-state index in [1.165, 1.54) is 22.5 Å². The molecule has 1 fully saturated rings. The second-order valence-corrected chi connectivity index (χ2v) is 7.93. The van der Waals surface area contributed by atoms with Crippen LogP contribution in [0, 0.1) is 5.92 Å². The first-order chi connectivity index (χ1) is 9.32. The van der Waals surface area contributed by atoms with Gasteiger partial charge in [-0.05, 0) is 43.9 Å². The number of hydrogen-bond acceptors (Lipinski definition) is 3. The molecule has 1 aromatic carbocycles. The first kappa shape index (κ1) is 16.0. The van der Waals surface area contributed by atoms with Crippen LogP contribution in [0.4, 0.5) is 0 Å². The maximum atomic E-state index is 12.5. The lowest BCUT2D eigenvalue weighted by Crippen LogP contribution is -2.42. The zero-order valence-corrected chi connectivity index (χ0v) is 13.5. The lowest BCUT2D eigenvalue weighted by molar-refractivity contribution is 0.250. The Morgan fingerprint density at radius 2 is 1.85 bits per heavy atom. The Morgan fingerprint density at radius 3 is 2.35 bits per heavy atom. The molecule has 2 rings (SSSR count). The topological polar surface area (TPSA) is 63.4 Å². The molecule has 0 aliphatic carbocycles. The second-order valence-electron chi connectivity index (χ2n) is 5.18. The Bertz CT molecular complexity index is 582. The molecule has 2 N–H and O–H groups in total. The molecule has 0 aromatic heterocycles. The number of hydrogen-bond donors (Lipinski definition) is 1. The number of rotatable bonds is 3. The Balaban J connectivity index is 2.17. The van der Waals surface area contributed by atoms with Gasteiger partial charge in [-0.1, -0.05) is 23.2 Å². The van der Waals surface area contributed by atoms with Gasteiger partial charge in [-0.25, -0.2) is 8.42 Å². The molecule has 1 aliphatic rings. The van der Waals surface area contributed by atoms with E-state index in [-0.39, 0.29) is 16.0 Å². The van der Waals surface area contributed by atoms with Gasteiger partial charge in [0.15, 0.2) is 0 Å². The van der Waals surface area contributed by atoms with Crippen molar-refractivity contribution in [2.45, 2.75) is 30.7 Å². The molecule has 0 bridgehead atoms. The summed E-state index contributed by atoms with van der Waals surface area (Å²) in [5, 5.41) is 0.597. The summed E-state index contributed by atoms with van der Waals surface area (Å²) in [5.41, 5.74) is 5.87. The summed E-state index contributed by atoms with van der Waals surface area (Å²) in [7, 11) is -3.50. The van der Waals surface area contributed by atoms with Gasteiger partial charge in [0.1, 0.15) is 0 Å². The third-order valence-electron chi connectivity index (χ3n) is 3.77. The van der Waals surface area contributed by atoms with Crippen LogP contribution in [0.25, 0.3) is 0 Å². The van der Waals surface area contributed by atoms with E-state index in [0.29, 0.717) is 24.0 Å². The molecule has 1 atom stereocenters. The first-order valence-corrected chi connectivity index (χ1v) is 8.72. The van der Waals surface area contributed by atoms with E-state index in [0.717, 1.165) is 12.8 Å². The summed E-state index contributed by atoms with van der Waals surface area (Å²) in [6.07, 6.45) is 1.58. The molecule has 4 nitrogen and oxygen atoms in total. The number of benzene rings is 1. The first-order valence-electron chi connectivity index (χ1n) is 6.53. The van der Waals surface area contributed by atoms with E-state index in [2.05, 4.69) is 0 Å². The lowest BCUT2D eigenvalue weighted by Gasteiger charge is -2.32. The van der Waals surface area contributed by atoms with Crippen LogP contribution in [0.5, 0.6) is 0 Å². The molecule has 1 unspecified atom stereocenters. The Labute approximate surface area is 129 Å². The van der Waals surface area contributed by atoms with Crippen LogP contribution in [0.1, 0.15) is 19.8 Å². The molecule has 1 heterocycles. The second kappa shape index (κ2) is 6.20. The van der Waals surface area contributed by atoms with Crippen LogP contribution in [-0.2, 0) is 10.0 Å². The number of sulfonamides is 1. The van der Waals surface area contributed by atoms with Crippen molar-refractivity contribution >= 4 is 33.2 Å². The molecule has 0 amide bonds. The van der Waals surface area contributed by atoms with Gasteiger partial charge in [-0.3, -0.25) is 0 Å². The van der Waals surface area contributed by atoms with Crippen LogP contribution < -0.4 is 5.73 Å². The molecule has 0 spiro atoms. The largest absolute Gasteiger partial charge is 0.328 e. The highest BCUT2D eigenvalue weighted by molar-refractivity contribution is 7.89. The average Bonchev–Trinajstić information content (AvgIpc) is 2.41. The minimum absolute atomic E-state index is 0.102. The van der Waals surface area contributed by atoms with Crippen molar-refractivity contribution in [3.8, 4) is 0 Å². The van der Waals surface area contributed by atoms with Crippen molar-refractivity contribution in [1.29, 1.82) is 0 Å². The summed E-state index contributed by atoms with van der Waals surface area (Å²) in [6, 6.07) is 4.49. The summed E-state index contributed by atoms with van der Waals surface area (Å²) >= 11 is 11.7. The van der Waals surface area contributed by atoms with Gasteiger partial charge in [0.2, 0.25) is 10.0 Å². The molecule has 0 radical (unpaired) electrons. The fraction of sp³-hybridized carbons (Fsp3) is 0.538. The minimum Gasteiger partial charge on any atom is -0.328 e. The molecule has 0 saturated carbocycles. The number of piperidine rings is 1. The summed E-state index contributed by atoms with van der Waals surface area (Å²) in [5.74, 6) is 0.384. The van der Waals surface area contributed by atoms with Crippen LogP contribution >= 0.6 is 23.2 Å². The normalized spacial score (nSPS) is 20.0. The van der Waals surface area contributed by atoms with Gasteiger partial charge in [0.25, 0.3) is 0 Å². The molecule has 1 saturated heterocycles. The van der Waals surface area contributed by atoms with Crippen molar-refractivity contribution < 1.29 is 8.42 Å². The van der Waals surface area contributed by atoms with E-state index in [1.54, 1.807) is 0 Å². The fourth-order valence-corrected chi connectivity index (χ4v) is 4.29. The van der Waals surface area contributed by atoms with Gasteiger partial charge in [-0.15, -0.1) is 0 Å². The van der Waals surface area contributed by atoms with E-state index < -0.39 is 10.0 Å². The maximum Gasteiger partial charge on any atom is 0.243 e. The van der Waals surface area contributed by atoms with Crippen LogP contribution in [-0.4, -0.2) is 31.9 Å².